The number of hydrogen-bond donors (Lipinski definition) is 1. The smallest absolute Gasteiger partial charge is 0.319 e. The van der Waals surface area contributed by atoms with E-state index in [0.29, 0.717) is 6.42 Å². The van der Waals surface area contributed by atoms with Gasteiger partial charge in [0.25, 0.3) is 0 Å². The molecule has 0 aromatic carbocycles. The number of carbonyl (C=O) groups excluding carboxylic acids is 2. The average Bonchev–Trinajstić information content (AvgIpc) is 2.62. The minimum atomic E-state index is -0.966. The number of hydrogen-bond acceptors (Lipinski definition) is 4. The normalized spacial score (nSPS) is 42.9. The minimum absolute atomic E-state index is 0.0794. The number of ketones is 1. The summed E-state index contributed by atoms with van der Waals surface area (Å²) in [6, 6.07) is 0. The number of rotatable bonds is 3. The first-order valence-corrected chi connectivity index (χ1v) is 7.91. The fraction of sp³-hybridized carbons (Fsp3) is 0.875. The van der Waals surface area contributed by atoms with Gasteiger partial charge in [-0.15, -0.1) is 0 Å². The van der Waals surface area contributed by atoms with Crippen LogP contribution in [0.1, 0.15) is 58.8 Å². The summed E-state index contributed by atoms with van der Waals surface area (Å²) in [7, 11) is 0. The fourth-order valence-corrected chi connectivity index (χ4v) is 4.85. The summed E-state index contributed by atoms with van der Waals surface area (Å²) in [5.74, 6) is -0.393. The van der Waals surface area contributed by atoms with E-state index in [1.807, 2.05) is 13.8 Å². The Labute approximate surface area is 119 Å². The average molecular weight is 280 g/mol. The zero-order chi connectivity index (χ0) is 14.5. The molecule has 3 rings (SSSR count). The van der Waals surface area contributed by atoms with Crippen molar-refractivity contribution in [1.82, 2.24) is 0 Å². The number of aliphatic hydroxyl groups excluding tert-OH is 1. The second-order valence-corrected chi connectivity index (χ2v) is 6.91. The zero-order valence-corrected chi connectivity index (χ0v) is 12.4. The highest BCUT2D eigenvalue weighted by Gasteiger charge is 2.78. The van der Waals surface area contributed by atoms with Gasteiger partial charge in [0.05, 0.1) is 12.0 Å². The molecular formula is C16H24O4. The molecule has 2 saturated carbocycles. The molecular weight excluding hydrogens is 256 g/mol. The lowest BCUT2D eigenvalue weighted by Gasteiger charge is -2.55. The van der Waals surface area contributed by atoms with Gasteiger partial charge < -0.3 is 9.84 Å². The quantitative estimate of drug-likeness (QED) is 0.805. The number of carbonyl (C=O) groups is 2. The van der Waals surface area contributed by atoms with Gasteiger partial charge in [0.1, 0.15) is 16.8 Å². The van der Waals surface area contributed by atoms with E-state index >= 15 is 0 Å². The maximum atomic E-state index is 12.3. The number of esters is 1. The van der Waals surface area contributed by atoms with Crippen LogP contribution in [-0.4, -0.2) is 28.6 Å². The molecule has 0 radical (unpaired) electrons. The van der Waals surface area contributed by atoms with Crippen LogP contribution in [0.2, 0.25) is 0 Å². The molecule has 1 N–H and O–H groups in total. The van der Waals surface area contributed by atoms with Gasteiger partial charge in [0.2, 0.25) is 0 Å². The fourth-order valence-electron chi connectivity index (χ4n) is 4.85. The summed E-state index contributed by atoms with van der Waals surface area (Å²) in [6.45, 7) is 3.79. The predicted molar refractivity (Wildman–Crippen MR) is 72.9 cm³/mol. The van der Waals surface area contributed by atoms with Crippen LogP contribution in [-0.2, 0) is 14.3 Å². The standard InChI is InChI=1S/C16H24O4/c1-3-11-12(17)9-16(14(19)20-15(11,16)2)13(18)10-7-5-4-6-8-10/h10-11,13,18H,3-9H2,1-2H3/t11-,13-,15-,16+/m0/s1. The molecule has 0 aromatic heterocycles. The Bertz CT molecular complexity index is 440. The second-order valence-electron chi connectivity index (χ2n) is 6.91. The Kier molecular flexibility index (Phi) is 3.20. The van der Waals surface area contributed by atoms with Crippen LogP contribution < -0.4 is 0 Å². The second kappa shape index (κ2) is 4.55. The minimum Gasteiger partial charge on any atom is -0.457 e. The maximum Gasteiger partial charge on any atom is 0.319 e. The Morgan fingerprint density at radius 3 is 2.50 bits per heavy atom. The highest BCUT2D eigenvalue weighted by atomic mass is 16.6. The molecule has 1 aliphatic heterocycles. The van der Waals surface area contributed by atoms with Crippen LogP contribution in [0.25, 0.3) is 0 Å². The topological polar surface area (TPSA) is 63.6 Å². The van der Waals surface area contributed by atoms with E-state index < -0.39 is 17.1 Å². The third-order valence-electron chi connectivity index (χ3n) is 6.07. The molecule has 0 aromatic rings. The number of aliphatic hydroxyl groups is 1. The van der Waals surface area contributed by atoms with Crippen molar-refractivity contribution in [3.63, 3.8) is 0 Å². The monoisotopic (exact) mass is 280 g/mol. The van der Waals surface area contributed by atoms with Crippen molar-refractivity contribution in [3.8, 4) is 0 Å². The summed E-state index contributed by atoms with van der Waals surface area (Å²) in [5.41, 5.74) is -1.75. The molecule has 0 amide bonds. The van der Waals surface area contributed by atoms with Gasteiger partial charge in [0.15, 0.2) is 0 Å². The maximum absolute atomic E-state index is 12.3. The van der Waals surface area contributed by atoms with E-state index in [4.69, 9.17) is 4.74 Å². The van der Waals surface area contributed by atoms with Crippen molar-refractivity contribution in [1.29, 1.82) is 0 Å². The lowest BCUT2D eigenvalue weighted by atomic mass is 9.60. The summed E-state index contributed by atoms with van der Waals surface area (Å²) in [4.78, 5) is 24.5. The molecule has 0 bridgehead atoms. The Morgan fingerprint density at radius 2 is 1.95 bits per heavy atom. The van der Waals surface area contributed by atoms with Gasteiger partial charge in [-0.2, -0.15) is 0 Å². The summed E-state index contributed by atoms with van der Waals surface area (Å²) >= 11 is 0. The van der Waals surface area contributed by atoms with Crippen molar-refractivity contribution in [2.75, 3.05) is 0 Å². The van der Waals surface area contributed by atoms with Crippen LogP contribution in [0.15, 0.2) is 0 Å². The SMILES string of the molecule is CC[C@H]1C(=O)C[C@@]2([C@@H](O)C3CCCCC3)C(=O)O[C@@]12C. The van der Waals surface area contributed by atoms with Crippen molar-refractivity contribution >= 4 is 11.8 Å². The molecule has 2 aliphatic carbocycles. The molecule has 3 fully saturated rings. The molecule has 20 heavy (non-hydrogen) atoms. The number of ether oxygens (including phenoxy) is 1. The molecule has 1 heterocycles. The third-order valence-corrected chi connectivity index (χ3v) is 6.07. The molecule has 0 unspecified atom stereocenters. The third kappa shape index (κ3) is 1.51. The predicted octanol–water partition coefficient (Wildman–Crippen LogP) is 2.23. The summed E-state index contributed by atoms with van der Waals surface area (Å²) in [5, 5.41) is 10.9. The largest absolute Gasteiger partial charge is 0.457 e. The lowest BCUT2D eigenvalue weighted by Crippen LogP contribution is -2.70. The van der Waals surface area contributed by atoms with E-state index in [2.05, 4.69) is 0 Å². The van der Waals surface area contributed by atoms with E-state index in [-0.39, 0.29) is 30.0 Å². The lowest BCUT2D eigenvalue weighted by molar-refractivity contribution is -0.265. The highest BCUT2D eigenvalue weighted by molar-refractivity contribution is 6.00. The first-order chi connectivity index (χ1) is 9.47. The first-order valence-electron chi connectivity index (χ1n) is 7.91. The summed E-state index contributed by atoms with van der Waals surface area (Å²) < 4.78 is 5.42. The van der Waals surface area contributed by atoms with E-state index in [1.54, 1.807) is 0 Å². The van der Waals surface area contributed by atoms with Crippen LogP contribution in [0.5, 0.6) is 0 Å². The van der Waals surface area contributed by atoms with Crippen LogP contribution in [0.4, 0.5) is 0 Å². The van der Waals surface area contributed by atoms with Gasteiger partial charge in [-0.1, -0.05) is 26.2 Å². The number of fused-ring (bicyclic) bond motifs is 1. The van der Waals surface area contributed by atoms with E-state index in [0.717, 1.165) is 25.7 Å². The Morgan fingerprint density at radius 1 is 1.30 bits per heavy atom. The van der Waals surface area contributed by atoms with Crippen LogP contribution in [0.3, 0.4) is 0 Å². The molecule has 0 spiro atoms. The molecule has 1 saturated heterocycles. The molecule has 112 valence electrons. The van der Waals surface area contributed by atoms with Crippen molar-refractivity contribution in [2.45, 2.75) is 70.5 Å². The Balaban J connectivity index is 1.92. The van der Waals surface area contributed by atoms with Crippen molar-refractivity contribution in [3.05, 3.63) is 0 Å². The van der Waals surface area contributed by atoms with Crippen molar-refractivity contribution in [2.24, 2.45) is 17.3 Å². The first kappa shape index (κ1) is 14.1. The highest BCUT2D eigenvalue weighted by Crippen LogP contribution is 2.62. The molecule has 3 aliphatic rings. The van der Waals surface area contributed by atoms with Gasteiger partial charge in [0, 0.05) is 6.42 Å². The zero-order valence-electron chi connectivity index (χ0n) is 12.4. The van der Waals surface area contributed by atoms with Crippen LogP contribution >= 0.6 is 0 Å². The van der Waals surface area contributed by atoms with Crippen LogP contribution in [0, 0.1) is 17.3 Å². The molecule has 4 nitrogen and oxygen atoms in total. The van der Waals surface area contributed by atoms with E-state index in [9.17, 15) is 14.7 Å². The Hall–Kier alpha value is -0.900. The number of Topliss-reactive ketones (excluding diaryl/α,β-unsaturated/α-hetero) is 1. The molecule has 4 atom stereocenters. The van der Waals surface area contributed by atoms with Gasteiger partial charge >= 0.3 is 5.97 Å². The van der Waals surface area contributed by atoms with Gasteiger partial charge in [-0.25, -0.2) is 0 Å². The molecule has 4 heteroatoms. The van der Waals surface area contributed by atoms with Gasteiger partial charge in [-0.05, 0) is 32.1 Å². The van der Waals surface area contributed by atoms with Gasteiger partial charge in [-0.3, -0.25) is 9.59 Å². The van der Waals surface area contributed by atoms with Crippen molar-refractivity contribution < 1.29 is 19.4 Å². The van der Waals surface area contributed by atoms with E-state index in [1.165, 1.54) is 6.42 Å². The summed E-state index contributed by atoms with van der Waals surface area (Å²) in [6.07, 6.45) is 5.43.